The van der Waals surface area contributed by atoms with E-state index in [0.29, 0.717) is 0 Å². The third kappa shape index (κ3) is 8.82. The summed E-state index contributed by atoms with van der Waals surface area (Å²) in [5, 5.41) is 0. The maximum absolute atomic E-state index is 0. The van der Waals surface area contributed by atoms with Gasteiger partial charge in [-0.05, 0) is 0 Å². The predicted octanol–water partition coefficient (Wildman–Crippen LogP) is -2.11. The normalized spacial score (nSPS) is 0. The molecule has 0 aromatic rings. The minimum absolute atomic E-state index is 0. The van der Waals surface area contributed by atoms with Gasteiger partial charge in [0.15, 0.2) is 17.4 Å². The molecule has 0 spiro atoms. The topological polar surface area (TPSA) is 0 Å². The maximum atomic E-state index is 0. The van der Waals surface area contributed by atoms with Gasteiger partial charge in [-0.3, -0.25) is 0 Å². The second kappa shape index (κ2) is 17.6. The summed E-state index contributed by atoms with van der Waals surface area (Å²) >= 11 is 0. The van der Waals surface area contributed by atoms with E-state index in [4.69, 9.17) is 0 Å². The average Bonchev–Trinajstić information content (AvgIpc) is 0. The molecule has 0 amide bonds. The van der Waals surface area contributed by atoms with Crippen molar-refractivity contribution in [2.24, 2.45) is 0 Å². The first-order chi connectivity index (χ1) is 0. The molecule has 0 aliphatic carbocycles. The van der Waals surface area contributed by atoms with E-state index in [1.54, 1.807) is 0 Å². The average molecular weight is 411 g/mol. The molecule has 0 N–H and O–H groups in total. The van der Waals surface area contributed by atoms with Crippen molar-refractivity contribution >= 4 is 41.3 Å². The van der Waals surface area contributed by atoms with Crippen LogP contribution in [-0.4, -0.2) is 41.3 Å². The van der Waals surface area contributed by atoms with Gasteiger partial charge in [-0.1, -0.05) is 0 Å². The van der Waals surface area contributed by atoms with Gasteiger partial charge in [-0.25, -0.2) is 0 Å². The van der Waals surface area contributed by atoms with E-state index in [9.17, 15) is 0 Å². The van der Waals surface area contributed by atoms with E-state index in [2.05, 4.69) is 0 Å². The molecule has 0 fully saturated rings. The molecule has 0 unspecified atom stereocenters. The Morgan fingerprint density at radius 1 is 1.00 bits per heavy atom. The van der Waals surface area contributed by atoms with Gasteiger partial charge < -0.3 is 0 Å². The van der Waals surface area contributed by atoms with Gasteiger partial charge >= 0.3 is 23.9 Å². The second-order valence-electron chi connectivity index (χ2n) is 0. The first-order valence-electron chi connectivity index (χ1n) is 0. The molecule has 4 heavy (non-hydrogen) atoms. The summed E-state index contributed by atoms with van der Waals surface area (Å²) in [4.78, 5) is 0. The van der Waals surface area contributed by atoms with Crippen LogP contribution in [0.4, 0.5) is 0 Å². The zero-order valence-electron chi connectivity index (χ0n) is 1.31. The zero-order valence-corrected chi connectivity index (χ0v) is 8.45. The summed E-state index contributed by atoms with van der Waals surface area (Å²) in [6, 6.07) is 0. The number of hydrogen-bond donors (Lipinski definition) is 0. The fourth-order valence-electron chi connectivity index (χ4n) is 0. The molecule has 0 atom stereocenters. The van der Waals surface area contributed by atoms with E-state index in [1.165, 1.54) is 0 Å². The second-order valence-corrected chi connectivity index (χ2v) is 0. The van der Waals surface area contributed by atoms with Crippen molar-refractivity contribution in [1.29, 1.82) is 0 Å². The van der Waals surface area contributed by atoms with Crippen molar-refractivity contribution in [3.05, 3.63) is 0 Å². The third-order valence-electron chi connectivity index (χ3n) is 0. The van der Waals surface area contributed by atoms with Crippen LogP contribution in [0.2, 0.25) is 0 Å². The van der Waals surface area contributed by atoms with Crippen molar-refractivity contribution < 1.29 is 39.4 Å². The van der Waals surface area contributed by atoms with Crippen molar-refractivity contribution in [3.63, 3.8) is 0 Å². The summed E-state index contributed by atoms with van der Waals surface area (Å²) < 4.78 is 0. The van der Waals surface area contributed by atoms with Gasteiger partial charge in [0.1, 0.15) is 0 Å². The monoisotopic (exact) mass is 412 g/mol. The number of hydrogen-bond acceptors (Lipinski definition) is 0. The Bertz CT molecular complexity index is 8.00. The molecule has 4 heteroatoms. The van der Waals surface area contributed by atoms with Gasteiger partial charge in [0.05, 0.1) is 0 Å². The molecular formula is H5AlAuCuSn. The zero-order chi connectivity index (χ0) is 0. The van der Waals surface area contributed by atoms with Crippen LogP contribution in [0.1, 0.15) is 0 Å². The van der Waals surface area contributed by atoms with Crippen LogP contribution >= 0.6 is 0 Å². The Balaban J connectivity index is 0. The Hall–Kier alpha value is 2.59. The van der Waals surface area contributed by atoms with Gasteiger partial charge in [0.2, 0.25) is 0 Å². The minimum atomic E-state index is 0. The van der Waals surface area contributed by atoms with Crippen LogP contribution in [0.15, 0.2) is 0 Å². The van der Waals surface area contributed by atoms with Crippen LogP contribution in [-0.2, 0) is 39.4 Å². The quantitative estimate of drug-likeness (QED) is 0.401. The van der Waals surface area contributed by atoms with Gasteiger partial charge in [0.25, 0.3) is 0 Å². The molecule has 0 nitrogen and oxygen atoms in total. The van der Waals surface area contributed by atoms with Gasteiger partial charge in [-0.2, -0.15) is 0 Å². The van der Waals surface area contributed by atoms with E-state index in [0.717, 1.165) is 0 Å². The van der Waals surface area contributed by atoms with Crippen LogP contribution in [0.3, 0.4) is 0 Å². The third-order valence-corrected chi connectivity index (χ3v) is 0. The predicted molar refractivity (Wildman–Crippen MR) is 18.5 cm³/mol. The molecule has 0 saturated heterocycles. The Morgan fingerprint density at radius 3 is 1.00 bits per heavy atom. The SMILES string of the molecule is [AlH3].[Au].[Cu].[SnH2]. The molecule has 0 aliphatic rings. The summed E-state index contributed by atoms with van der Waals surface area (Å²) in [7, 11) is 0. The first-order valence-corrected chi connectivity index (χ1v) is 0. The van der Waals surface area contributed by atoms with E-state index in [1.807, 2.05) is 0 Å². The fourth-order valence-corrected chi connectivity index (χ4v) is 0. The van der Waals surface area contributed by atoms with Gasteiger partial charge in [-0.15, -0.1) is 0 Å². The molecule has 4 radical (unpaired) electrons. The summed E-state index contributed by atoms with van der Waals surface area (Å²) in [6.07, 6.45) is 0. The van der Waals surface area contributed by atoms with E-state index < -0.39 is 0 Å². The molecule has 0 saturated carbocycles. The summed E-state index contributed by atoms with van der Waals surface area (Å²) in [6.45, 7) is 0. The Morgan fingerprint density at radius 2 is 1.00 bits per heavy atom. The Labute approximate surface area is 79.5 Å². The Kier molecular flexibility index (Phi) is 135. The van der Waals surface area contributed by atoms with Crippen LogP contribution in [0.5, 0.6) is 0 Å². The van der Waals surface area contributed by atoms with Crippen LogP contribution in [0.25, 0.3) is 0 Å². The van der Waals surface area contributed by atoms with Crippen LogP contribution < -0.4 is 0 Å². The molecule has 0 heterocycles. The molecular weight excluding hydrogens is 406 g/mol. The molecule has 0 rings (SSSR count). The first kappa shape index (κ1) is 30.7. The summed E-state index contributed by atoms with van der Waals surface area (Å²) in [5.74, 6) is 0. The van der Waals surface area contributed by atoms with Gasteiger partial charge in [0, 0.05) is 39.4 Å². The molecule has 34 valence electrons. The molecule has 0 aliphatic heterocycles. The van der Waals surface area contributed by atoms with Crippen LogP contribution in [0, 0.1) is 0 Å². The standard InChI is InChI=1S/Al.Au.Cu.Sn.5H. The molecule has 0 aromatic heterocycles. The van der Waals surface area contributed by atoms with E-state index >= 15 is 0 Å². The molecule has 0 bridgehead atoms. The summed E-state index contributed by atoms with van der Waals surface area (Å²) in [5.41, 5.74) is 0. The molecule has 0 aromatic carbocycles. The van der Waals surface area contributed by atoms with Crippen molar-refractivity contribution in [3.8, 4) is 0 Å². The van der Waals surface area contributed by atoms with E-state index in [-0.39, 0.29) is 80.7 Å². The van der Waals surface area contributed by atoms with Crippen molar-refractivity contribution in [1.82, 2.24) is 0 Å². The fraction of sp³-hybridized carbons (Fsp3) is 0. The number of rotatable bonds is 0. The van der Waals surface area contributed by atoms with Crippen molar-refractivity contribution in [2.45, 2.75) is 0 Å². The van der Waals surface area contributed by atoms with Crippen molar-refractivity contribution in [2.75, 3.05) is 0 Å².